The van der Waals surface area contributed by atoms with Gasteiger partial charge >= 0.3 is 0 Å². The normalized spacial score (nSPS) is 28.8. The van der Waals surface area contributed by atoms with Gasteiger partial charge in [-0.25, -0.2) is 13.2 Å². The second kappa shape index (κ2) is 5.55. The van der Waals surface area contributed by atoms with Crippen molar-refractivity contribution >= 4 is 22.6 Å². The third-order valence-electron chi connectivity index (χ3n) is 4.12. The molecule has 0 aromatic heterocycles. The summed E-state index contributed by atoms with van der Waals surface area (Å²) in [5.74, 6) is -1.33. The summed E-state index contributed by atoms with van der Waals surface area (Å²) in [7, 11) is 0. The lowest BCUT2D eigenvalue weighted by molar-refractivity contribution is 0.266. The van der Waals surface area contributed by atoms with Gasteiger partial charge in [0.1, 0.15) is 11.5 Å². The Morgan fingerprint density at radius 3 is 2.67 bits per heavy atom. The van der Waals surface area contributed by atoms with Gasteiger partial charge in [0.2, 0.25) is 0 Å². The zero-order chi connectivity index (χ0) is 15.0. The number of nitrogens with one attached hydrogen (secondary N) is 1. The molecule has 0 amide bonds. The van der Waals surface area contributed by atoms with Crippen LogP contribution in [0.2, 0.25) is 0 Å². The van der Waals surface area contributed by atoms with Crippen LogP contribution >= 0.6 is 11.8 Å². The van der Waals surface area contributed by atoms with Crippen molar-refractivity contribution < 1.29 is 13.2 Å². The molecular formula is C15H17F3N2S. The maximum absolute atomic E-state index is 13.7. The lowest BCUT2D eigenvalue weighted by atomic mass is 9.78. The number of amidine groups is 1. The minimum absolute atomic E-state index is 0.0996. The Morgan fingerprint density at radius 2 is 2.00 bits per heavy atom. The number of rotatable bonds is 1. The number of hydrogen-bond donors (Lipinski definition) is 1. The van der Waals surface area contributed by atoms with Gasteiger partial charge in [-0.05, 0) is 18.8 Å². The second-order valence-electron chi connectivity index (χ2n) is 6.00. The molecule has 1 spiro atoms. The summed E-state index contributed by atoms with van der Waals surface area (Å²) in [5.41, 5.74) is -0.430. The van der Waals surface area contributed by atoms with E-state index in [1.165, 1.54) is 18.2 Å². The fourth-order valence-corrected chi connectivity index (χ4v) is 4.34. The molecule has 1 aromatic carbocycles. The molecule has 1 heterocycles. The second-order valence-corrected chi connectivity index (χ2v) is 6.96. The fourth-order valence-electron chi connectivity index (χ4n) is 3.18. The number of thioether (sulfide) groups is 1. The number of hydrogen-bond acceptors (Lipinski definition) is 3. The summed E-state index contributed by atoms with van der Waals surface area (Å²) in [6.07, 6.45) is 4.38. The number of halogens is 3. The molecule has 0 radical (unpaired) electrons. The van der Waals surface area contributed by atoms with Crippen LogP contribution in [0.25, 0.3) is 0 Å². The van der Waals surface area contributed by atoms with Crippen LogP contribution in [0.1, 0.15) is 32.6 Å². The molecule has 1 fully saturated rings. The van der Waals surface area contributed by atoms with E-state index in [2.05, 4.69) is 17.2 Å². The summed E-state index contributed by atoms with van der Waals surface area (Å²) in [4.78, 5) is 4.67. The van der Waals surface area contributed by atoms with Crippen LogP contribution < -0.4 is 5.32 Å². The first-order valence-electron chi connectivity index (χ1n) is 7.12. The van der Waals surface area contributed by atoms with Gasteiger partial charge in [0.25, 0.3) is 0 Å². The van der Waals surface area contributed by atoms with Crippen LogP contribution in [0.3, 0.4) is 0 Å². The van der Waals surface area contributed by atoms with E-state index in [1.807, 2.05) is 0 Å². The van der Waals surface area contributed by atoms with E-state index in [0.717, 1.165) is 25.0 Å². The molecular weight excluding hydrogens is 297 g/mol. The third-order valence-corrected chi connectivity index (χ3v) is 5.27. The first-order valence-corrected chi connectivity index (χ1v) is 8.10. The first-order chi connectivity index (χ1) is 9.97. The molecule has 3 rings (SSSR count). The minimum Gasteiger partial charge on any atom is -0.330 e. The Balaban J connectivity index is 1.80. The van der Waals surface area contributed by atoms with E-state index in [0.29, 0.717) is 23.2 Å². The van der Waals surface area contributed by atoms with Crippen molar-refractivity contribution in [2.24, 2.45) is 10.9 Å². The first kappa shape index (κ1) is 14.8. The van der Waals surface area contributed by atoms with Crippen LogP contribution in [0.4, 0.5) is 18.9 Å². The molecule has 6 heteroatoms. The summed E-state index contributed by atoms with van der Waals surface area (Å²) in [6, 6.07) is 1.34. The predicted molar refractivity (Wildman–Crippen MR) is 80.2 cm³/mol. The molecule has 1 saturated carbocycles. The van der Waals surface area contributed by atoms with E-state index in [-0.39, 0.29) is 11.2 Å². The highest BCUT2D eigenvalue weighted by Gasteiger charge is 2.39. The SMILES string of the molecule is CC1CCCC2(CSC(Nc3c(F)cc(F)cc3F)=N2)C1. The molecule has 1 N–H and O–H groups in total. The lowest BCUT2D eigenvalue weighted by Crippen LogP contribution is -2.33. The molecule has 2 unspecified atom stereocenters. The monoisotopic (exact) mass is 314 g/mol. The summed E-state index contributed by atoms with van der Waals surface area (Å²) >= 11 is 1.48. The summed E-state index contributed by atoms with van der Waals surface area (Å²) < 4.78 is 40.2. The van der Waals surface area contributed by atoms with E-state index >= 15 is 0 Å². The van der Waals surface area contributed by atoms with Crippen molar-refractivity contribution in [3.8, 4) is 0 Å². The van der Waals surface area contributed by atoms with Crippen molar-refractivity contribution in [3.63, 3.8) is 0 Å². The van der Waals surface area contributed by atoms with E-state index in [1.54, 1.807) is 0 Å². The molecule has 0 saturated heterocycles. The zero-order valence-electron chi connectivity index (χ0n) is 11.8. The Kier molecular flexibility index (Phi) is 3.90. The largest absolute Gasteiger partial charge is 0.330 e. The Labute approximate surface area is 126 Å². The van der Waals surface area contributed by atoms with E-state index in [9.17, 15) is 13.2 Å². The molecule has 1 aliphatic carbocycles. The molecule has 114 valence electrons. The van der Waals surface area contributed by atoms with Crippen LogP contribution in [0.15, 0.2) is 17.1 Å². The Morgan fingerprint density at radius 1 is 1.29 bits per heavy atom. The Hall–Kier alpha value is -1.17. The topological polar surface area (TPSA) is 24.4 Å². The van der Waals surface area contributed by atoms with Crippen molar-refractivity contribution in [1.29, 1.82) is 0 Å². The van der Waals surface area contributed by atoms with Gasteiger partial charge in [-0.3, -0.25) is 4.99 Å². The van der Waals surface area contributed by atoms with Crippen LogP contribution in [-0.4, -0.2) is 16.5 Å². The highest BCUT2D eigenvalue weighted by atomic mass is 32.2. The lowest BCUT2D eigenvalue weighted by Gasteiger charge is -2.33. The molecule has 1 aromatic rings. The molecule has 2 aliphatic rings. The van der Waals surface area contributed by atoms with Gasteiger partial charge in [-0.15, -0.1) is 0 Å². The van der Waals surface area contributed by atoms with Gasteiger partial charge in [-0.1, -0.05) is 31.5 Å². The number of anilines is 1. The van der Waals surface area contributed by atoms with Crippen molar-refractivity contribution in [2.45, 2.75) is 38.1 Å². The summed E-state index contributed by atoms with van der Waals surface area (Å²) in [5, 5.41) is 3.21. The predicted octanol–water partition coefficient (Wildman–Crippen LogP) is 4.57. The van der Waals surface area contributed by atoms with Gasteiger partial charge in [0, 0.05) is 17.9 Å². The average Bonchev–Trinajstić information content (AvgIpc) is 2.76. The standard InChI is InChI=1S/C15H17F3N2S/c1-9-3-2-4-15(7-9)8-21-14(20-15)19-13-11(17)5-10(16)6-12(13)18/h5-6,9H,2-4,7-8H2,1H3,(H,19,20). The highest BCUT2D eigenvalue weighted by Crippen LogP contribution is 2.42. The van der Waals surface area contributed by atoms with Crippen molar-refractivity contribution in [2.75, 3.05) is 11.1 Å². The van der Waals surface area contributed by atoms with Crippen LogP contribution in [-0.2, 0) is 0 Å². The maximum Gasteiger partial charge on any atom is 0.161 e. The number of nitrogens with zero attached hydrogens (tertiary/aromatic N) is 1. The average molecular weight is 314 g/mol. The number of aliphatic imine (C=N–C) groups is 1. The van der Waals surface area contributed by atoms with E-state index < -0.39 is 17.5 Å². The van der Waals surface area contributed by atoms with Crippen LogP contribution in [0.5, 0.6) is 0 Å². The molecule has 1 aliphatic heterocycles. The number of benzene rings is 1. The smallest absolute Gasteiger partial charge is 0.161 e. The molecule has 21 heavy (non-hydrogen) atoms. The molecule has 2 nitrogen and oxygen atoms in total. The summed E-state index contributed by atoms with van der Waals surface area (Å²) in [6.45, 7) is 2.21. The zero-order valence-corrected chi connectivity index (χ0v) is 12.6. The van der Waals surface area contributed by atoms with Crippen molar-refractivity contribution in [3.05, 3.63) is 29.6 Å². The van der Waals surface area contributed by atoms with Crippen LogP contribution in [0, 0.1) is 23.4 Å². The van der Waals surface area contributed by atoms with Gasteiger partial charge in [0.05, 0.1) is 5.54 Å². The molecule has 0 bridgehead atoms. The van der Waals surface area contributed by atoms with Crippen molar-refractivity contribution in [1.82, 2.24) is 0 Å². The molecule has 2 atom stereocenters. The minimum atomic E-state index is -0.936. The van der Waals surface area contributed by atoms with E-state index in [4.69, 9.17) is 0 Å². The van der Waals surface area contributed by atoms with Gasteiger partial charge in [0.15, 0.2) is 16.8 Å². The van der Waals surface area contributed by atoms with Gasteiger partial charge in [-0.2, -0.15) is 0 Å². The fraction of sp³-hybridized carbons (Fsp3) is 0.533. The van der Waals surface area contributed by atoms with Gasteiger partial charge < -0.3 is 5.32 Å². The third kappa shape index (κ3) is 3.05. The highest BCUT2D eigenvalue weighted by molar-refractivity contribution is 8.14. The maximum atomic E-state index is 13.7. The quantitative estimate of drug-likeness (QED) is 0.821. The Bertz CT molecular complexity index is 567.